The molecule has 76 valence electrons. The molecule has 2 atom stereocenters. The van der Waals surface area contributed by atoms with E-state index >= 15 is 0 Å². The molecule has 0 spiro atoms. The van der Waals surface area contributed by atoms with E-state index in [0.717, 1.165) is 23.8 Å². The lowest BCUT2D eigenvalue weighted by Crippen LogP contribution is -2.29. The third-order valence-corrected chi connectivity index (χ3v) is 4.10. The van der Waals surface area contributed by atoms with E-state index in [1.807, 2.05) is 0 Å². The van der Waals surface area contributed by atoms with Gasteiger partial charge in [0.2, 0.25) is 0 Å². The van der Waals surface area contributed by atoms with Crippen molar-refractivity contribution in [1.29, 1.82) is 0 Å². The van der Waals surface area contributed by atoms with Crippen molar-refractivity contribution in [2.75, 3.05) is 13.1 Å². The largest absolute Gasteiger partial charge is 0.301 e. The van der Waals surface area contributed by atoms with Crippen molar-refractivity contribution in [3.8, 4) is 0 Å². The van der Waals surface area contributed by atoms with Crippen LogP contribution < -0.4 is 0 Å². The summed E-state index contributed by atoms with van der Waals surface area (Å²) in [4.78, 5) is 2.64. The van der Waals surface area contributed by atoms with Gasteiger partial charge < -0.3 is 4.90 Å². The summed E-state index contributed by atoms with van der Waals surface area (Å²) in [6, 6.07) is 0.761. The van der Waals surface area contributed by atoms with E-state index in [2.05, 4.69) is 25.7 Å². The average Bonchev–Trinajstić information content (AvgIpc) is 2.81. The van der Waals surface area contributed by atoms with E-state index in [-0.39, 0.29) is 0 Å². The summed E-state index contributed by atoms with van der Waals surface area (Å²) in [6.07, 6.45) is 4.48. The summed E-state index contributed by atoms with van der Waals surface area (Å²) in [5.41, 5.74) is 0. The third kappa shape index (κ3) is 2.07. The Hall–Kier alpha value is -0.0400. The van der Waals surface area contributed by atoms with Crippen LogP contribution in [0.2, 0.25) is 0 Å². The molecule has 1 nitrogen and oxygen atoms in total. The van der Waals surface area contributed by atoms with Crippen LogP contribution in [-0.4, -0.2) is 24.0 Å². The van der Waals surface area contributed by atoms with Gasteiger partial charge in [-0.1, -0.05) is 6.92 Å². The molecule has 1 aliphatic heterocycles. The highest BCUT2D eigenvalue weighted by Gasteiger charge is 2.36. The van der Waals surface area contributed by atoms with Crippen molar-refractivity contribution >= 4 is 0 Å². The topological polar surface area (TPSA) is 3.24 Å². The fourth-order valence-corrected chi connectivity index (χ4v) is 2.72. The first-order chi connectivity index (χ1) is 6.18. The molecule has 0 aromatic carbocycles. The van der Waals surface area contributed by atoms with Crippen molar-refractivity contribution in [1.82, 2.24) is 4.90 Å². The smallest absolute Gasteiger partial charge is 0.00387 e. The summed E-state index contributed by atoms with van der Waals surface area (Å²) < 4.78 is 0. The molecule has 1 heteroatoms. The maximum atomic E-state index is 2.64. The first kappa shape index (κ1) is 9.51. The quantitative estimate of drug-likeness (QED) is 0.647. The van der Waals surface area contributed by atoms with Crippen LogP contribution in [0.15, 0.2) is 0 Å². The van der Waals surface area contributed by atoms with Gasteiger partial charge in [0.15, 0.2) is 0 Å². The van der Waals surface area contributed by atoms with Crippen LogP contribution in [0.4, 0.5) is 0 Å². The standard InChI is InChI=1S/C12H23N/c1-9(2)13-7-6-12(8-13)10(3)11-4-5-11/h9-12H,4-8H2,1-3H3. The second-order valence-electron chi connectivity index (χ2n) is 5.33. The van der Waals surface area contributed by atoms with Crippen LogP contribution in [0.5, 0.6) is 0 Å². The summed E-state index contributed by atoms with van der Waals surface area (Å²) in [6.45, 7) is 9.84. The summed E-state index contributed by atoms with van der Waals surface area (Å²) in [5, 5.41) is 0. The minimum Gasteiger partial charge on any atom is -0.301 e. The zero-order valence-corrected chi connectivity index (χ0v) is 9.29. The molecule has 0 bridgehead atoms. The Morgan fingerprint density at radius 2 is 1.69 bits per heavy atom. The SMILES string of the molecule is CC(C1CC1)C1CCN(C(C)C)C1. The molecule has 0 aromatic heterocycles. The Labute approximate surface area is 82.5 Å². The van der Waals surface area contributed by atoms with E-state index < -0.39 is 0 Å². The van der Waals surface area contributed by atoms with Crippen LogP contribution >= 0.6 is 0 Å². The van der Waals surface area contributed by atoms with Crippen LogP contribution in [0, 0.1) is 17.8 Å². The zero-order chi connectivity index (χ0) is 9.42. The van der Waals surface area contributed by atoms with Crippen molar-refractivity contribution in [3.05, 3.63) is 0 Å². The van der Waals surface area contributed by atoms with E-state index in [0.29, 0.717) is 0 Å². The van der Waals surface area contributed by atoms with Crippen LogP contribution in [0.25, 0.3) is 0 Å². The Morgan fingerprint density at radius 1 is 1.00 bits per heavy atom. The Bertz CT molecular complexity index is 172. The van der Waals surface area contributed by atoms with Crippen molar-refractivity contribution in [2.24, 2.45) is 17.8 Å². The Balaban J connectivity index is 1.82. The fraction of sp³-hybridized carbons (Fsp3) is 1.00. The molecular formula is C12H23N. The van der Waals surface area contributed by atoms with Gasteiger partial charge in [-0.3, -0.25) is 0 Å². The van der Waals surface area contributed by atoms with Gasteiger partial charge in [0.25, 0.3) is 0 Å². The van der Waals surface area contributed by atoms with Gasteiger partial charge in [-0.05, 0) is 57.4 Å². The molecular weight excluding hydrogens is 158 g/mol. The second kappa shape index (κ2) is 3.61. The van der Waals surface area contributed by atoms with Gasteiger partial charge in [0.05, 0.1) is 0 Å². The summed E-state index contributed by atoms with van der Waals surface area (Å²) >= 11 is 0. The van der Waals surface area contributed by atoms with Gasteiger partial charge in [-0.2, -0.15) is 0 Å². The fourth-order valence-electron chi connectivity index (χ4n) is 2.72. The predicted molar refractivity (Wildman–Crippen MR) is 56.7 cm³/mol. The molecule has 13 heavy (non-hydrogen) atoms. The van der Waals surface area contributed by atoms with Gasteiger partial charge in [0, 0.05) is 12.6 Å². The Kier molecular flexibility index (Phi) is 2.64. The minimum absolute atomic E-state index is 0.761. The highest BCUT2D eigenvalue weighted by molar-refractivity contribution is 4.88. The molecule has 1 aliphatic carbocycles. The van der Waals surface area contributed by atoms with Gasteiger partial charge in [-0.15, -0.1) is 0 Å². The zero-order valence-electron chi connectivity index (χ0n) is 9.29. The molecule has 1 heterocycles. The van der Waals surface area contributed by atoms with Crippen LogP contribution in [0.1, 0.15) is 40.0 Å². The lowest BCUT2D eigenvalue weighted by atomic mass is 9.89. The maximum Gasteiger partial charge on any atom is 0.00387 e. The monoisotopic (exact) mass is 181 g/mol. The van der Waals surface area contributed by atoms with E-state index in [1.165, 1.54) is 32.4 Å². The average molecular weight is 181 g/mol. The molecule has 2 unspecified atom stereocenters. The van der Waals surface area contributed by atoms with Gasteiger partial charge in [-0.25, -0.2) is 0 Å². The highest BCUT2D eigenvalue weighted by atomic mass is 15.2. The highest BCUT2D eigenvalue weighted by Crippen LogP contribution is 2.42. The number of nitrogens with zero attached hydrogens (tertiary/aromatic N) is 1. The van der Waals surface area contributed by atoms with Crippen molar-refractivity contribution < 1.29 is 0 Å². The number of likely N-dealkylation sites (tertiary alicyclic amines) is 1. The summed E-state index contributed by atoms with van der Waals surface area (Å²) in [5.74, 6) is 3.11. The van der Waals surface area contributed by atoms with Crippen LogP contribution in [0.3, 0.4) is 0 Å². The molecule has 2 rings (SSSR count). The van der Waals surface area contributed by atoms with Gasteiger partial charge >= 0.3 is 0 Å². The lowest BCUT2D eigenvalue weighted by Gasteiger charge is -2.22. The minimum atomic E-state index is 0.761. The number of hydrogen-bond acceptors (Lipinski definition) is 1. The molecule has 2 aliphatic rings. The first-order valence-corrected chi connectivity index (χ1v) is 5.92. The third-order valence-electron chi connectivity index (χ3n) is 4.10. The van der Waals surface area contributed by atoms with Crippen molar-refractivity contribution in [2.45, 2.75) is 46.1 Å². The molecule has 1 saturated carbocycles. The first-order valence-electron chi connectivity index (χ1n) is 5.92. The second-order valence-corrected chi connectivity index (χ2v) is 5.33. The molecule has 0 amide bonds. The Morgan fingerprint density at radius 3 is 2.15 bits per heavy atom. The lowest BCUT2D eigenvalue weighted by molar-refractivity contribution is 0.242. The van der Waals surface area contributed by atoms with Crippen LogP contribution in [-0.2, 0) is 0 Å². The van der Waals surface area contributed by atoms with E-state index in [4.69, 9.17) is 0 Å². The maximum absolute atomic E-state index is 2.64. The summed E-state index contributed by atoms with van der Waals surface area (Å²) in [7, 11) is 0. The molecule has 1 saturated heterocycles. The molecule has 0 aromatic rings. The predicted octanol–water partition coefficient (Wildman–Crippen LogP) is 2.76. The normalized spacial score (nSPS) is 32.8. The van der Waals surface area contributed by atoms with Gasteiger partial charge in [0.1, 0.15) is 0 Å². The molecule has 0 N–H and O–H groups in total. The van der Waals surface area contributed by atoms with E-state index in [1.54, 1.807) is 0 Å². The van der Waals surface area contributed by atoms with Crippen molar-refractivity contribution in [3.63, 3.8) is 0 Å². The molecule has 2 fully saturated rings. The number of hydrogen-bond donors (Lipinski definition) is 0. The number of rotatable bonds is 3. The molecule has 0 radical (unpaired) electrons. The van der Waals surface area contributed by atoms with E-state index in [9.17, 15) is 0 Å².